The van der Waals surface area contributed by atoms with E-state index in [2.05, 4.69) is 15.8 Å². The fourth-order valence-corrected chi connectivity index (χ4v) is 2.12. The van der Waals surface area contributed by atoms with E-state index < -0.39 is 6.04 Å². The van der Waals surface area contributed by atoms with Gasteiger partial charge in [0.05, 0.1) is 16.3 Å². The molecule has 2 aromatic rings. The Labute approximate surface area is 145 Å². The van der Waals surface area contributed by atoms with E-state index in [9.17, 15) is 4.79 Å². The molecule has 0 radical (unpaired) electrons. The number of nitrogens with zero attached hydrogens (tertiary/aromatic N) is 1. The molecular weight excluding hydrogens is 333 g/mol. The number of rotatable bonds is 5. The Morgan fingerprint density at radius 2 is 1.83 bits per heavy atom. The summed E-state index contributed by atoms with van der Waals surface area (Å²) >= 11 is 11.8. The maximum atomic E-state index is 12.0. The summed E-state index contributed by atoms with van der Waals surface area (Å²) in [6.45, 7) is 3.75. The van der Waals surface area contributed by atoms with E-state index in [-0.39, 0.29) is 5.91 Å². The fraction of sp³-hybridized carbons (Fsp3) is 0.176. The molecule has 120 valence electrons. The Kier molecular flexibility index (Phi) is 6.02. The zero-order valence-electron chi connectivity index (χ0n) is 12.8. The van der Waals surface area contributed by atoms with Gasteiger partial charge in [0, 0.05) is 5.69 Å². The number of amides is 1. The van der Waals surface area contributed by atoms with Gasteiger partial charge in [-0.3, -0.25) is 4.79 Å². The Bertz CT molecular complexity index is 714. The topological polar surface area (TPSA) is 53.5 Å². The number of anilines is 1. The number of hydrazone groups is 1. The van der Waals surface area contributed by atoms with Crippen molar-refractivity contribution in [2.45, 2.75) is 19.9 Å². The van der Waals surface area contributed by atoms with Gasteiger partial charge in [0.2, 0.25) is 0 Å². The monoisotopic (exact) mass is 349 g/mol. The number of benzene rings is 2. The fourth-order valence-electron chi connectivity index (χ4n) is 1.82. The first kappa shape index (κ1) is 17.3. The molecule has 4 nitrogen and oxygen atoms in total. The molecule has 2 N–H and O–H groups in total. The predicted octanol–water partition coefficient (Wildman–Crippen LogP) is 4.25. The van der Waals surface area contributed by atoms with Gasteiger partial charge < -0.3 is 5.32 Å². The molecule has 1 amide bonds. The molecule has 1 atom stereocenters. The summed E-state index contributed by atoms with van der Waals surface area (Å²) in [7, 11) is 0. The average molecular weight is 350 g/mol. The largest absolute Gasteiger partial charge is 0.374 e. The highest BCUT2D eigenvalue weighted by Gasteiger charge is 2.12. The van der Waals surface area contributed by atoms with E-state index in [0.29, 0.717) is 15.7 Å². The lowest BCUT2D eigenvalue weighted by molar-refractivity contribution is -0.121. The summed E-state index contributed by atoms with van der Waals surface area (Å²) < 4.78 is 0. The van der Waals surface area contributed by atoms with Crippen molar-refractivity contribution in [3.63, 3.8) is 0 Å². The van der Waals surface area contributed by atoms with Crippen molar-refractivity contribution in [3.8, 4) is 0 Å². The van der Waals surface area contributed by atoms with E-state index in [4.69, 9.17) is 23.2 Å². The zero-order valence-corrected chi connectivity index (χ0v) is 14.3. The summed E-state index contributed by atoms with van der Waals surface area (Å²) in [6.07, 6.45) is 1.60. The molecule has 0 heterocycles. The van der Waals surface area contributed by atoms with Crippen molar-refractivity contribution in [2.75, 3.05) is 5.32 Å². The lowest BCUT2D eigenvalue weighted by atomic mass is 10.2. The van der Waals surface area contributed by atoms with Crippen LogP contribution >= 0.6 is 23.2 Å². The van der Waals surface area contributed by atoms with E-state index in [1.807, 2.05) is 31.2 Å². The van der Waals surface area contributed by atoms with Crippen LogP contribution in [0, 0.1) is 6.92 Å². The molecule has 0 aliphatic carbocycles. The predicted molar refractivity (Wildman–Crippen MR) is 96.5 cm³/mol. The smallest absolute Gasteiger partial charge is 0.262 e. The molecule has 0 bridgehead atoms. The Morgan fingerprint density at radius 1 is 1.13 bits per heavy atom. The molecule has 6 heteroatoms. The normalized spacial score (nSPS) is 12.2. The van der Waals surface area contributed by atoms with Crippen LogP contribution < -0.4 is 10.7 Å². The zero-order chi connectivity index (χ0) is 16.8. The minimum atomic E-state index is -0.470. The average Bonchev–Trinajstić information content (AvgIpc) is 2.52. The van der Waals surface area contributed by atoms with Crippen LogP contribution in [-0.4, -0.2) is 18.2 Å². The lowest BCUT2D eigenvalue weighted by Crippen LogP contribution is -2.34. The second-order valence-corrected chi connectivity index (χ2v) is 5.95. The van der Waals surface area contributed by atoms with Crippen molar-refractivity contribution in [3.05, 3.63) is 63.6 Å². The van der Waals surface area contributed by atoms with Gasteiger partial charge in [-0.2, -0.15) is 5.10 Å². The summed E-state index contributed by atoms with van der Waals surface area (Å²) in [5.41, 5.74) is 5.30. The van der Waals surface area contributed by atoms with Crippen LogP contribution in [0.3, 0.4) is 0 Å². The molecule has 0 fully saturated rings. The first-order chi connectivity index (χ1) is 11.0. The maximum absolute atomic E-state index is 12.0. The highest BCUT2D eigenvalue weighted by atomic mass is 35.5. The molecule has 0 aliphatic rings. The molecule has 2 aromatic carbocycles. The van der Waals surface area contributed by atoms with E-state index in [1.165, 1.54) is 5.56 Å². The molecule has 0 aromatic heterocycles. The van der Waals surface area contributed by atoms with Gasteiger partial charge >= 0.3 is 0 Å². The number of nitrogens with one attached hydrogen (secondary N) is 2. The molecule has 0 spiro atoms. The minimum absolute atomic E-state index is 0.251. The van der Waals surface area contributed by atoms with Gasteiger partial charge in [-0.15, -0.1) is 0 Å². The minimum Gasteiger partial charge on any atom is -0.374 e. The van der Waals surface area contributed by atoms with E-state index >= 15 is 0 Å². The third-order valence-electron chi connectivity index (χ3n) is 3.16. The van der Waals surface area contributed by atoms with Crippen LogP contribution in [-0.2, 0) is 4.79 Å². The number of hydrogen-bond donors (Lipinski definition) is 2. The van der Waals surface area contributed by atoms with Crippen LogP contribution in [0.1, 0.15) is 18.1 Å². The van der Waals surface area contributed by atoms with Gasteiger partial charge in [0.1, 0.15) is 6.04 Å². The summed E-state index contributed by atoms with van der Waals surface area (Å²) in [5.74, 6) is -0.251. The number of carbonyl (C=O) groups excluding carboxylic acids is 1. The van der Waals surface area contributed by atoms with E-state index in [0.717, 1.165) is 5.56 Å². The summed E-state index contributed by atoms with van der Waals surface area (Å²) in [5, 5.41) is 7.89. The second-order valence-electron chi connectivity index (χ2n) is 5.14. The second kappa shape index (κ2) is 7.99. The molecule has 0 aliphatic heterocycles. The van der Waals surface area contributed by atoms with E-state index in [1.54, 1.807) is 31.3 Å². The van der Waals surface area contributed by atoms with Crippen molar-refractivity contribution >= 4 is 41.0 Å². The van der Waals surface area contributed by atoms with Gasteiger partial charge in [0.25, 0.3) is 5.91 Å². The number of halogens is 2. The Balaban J connectivity index is 1.89. The van der Waals surface area contributed by atoms with Crippen LogP contribution in [0.4, 0.5) is 5.69 Å². The quantitative estimate of drug-likeness (QED) is 0.626. The van der Waals surface area contributed by atoms with Crippen LogP contribution in [0.5, 0.6) is 0 Å². The molecular formula is C17H17Cl2N3O. The number of aryl methyl sites for hydroxylation is 1. The third-order valence-corrected chi connectivity index (χ3v) is 3.90. The van der Waals surface area contributed by atoms with Gasteiger partial charge in [-0.25, -0.2) is 5.43 Å². The van der Waals surface area contributed by atoms with Crippen LogP contribution in [0.15, 0.2) is 47.6 Å². The Hall–Kier alpha value is -2.04. The van der Waals surface area contributed by atoms with Crippen LogP contribution in [0.25, 0.3) is 0 Å². The van der Waals surface area contributed by atoms with Crippen molar-refractivity contribution < 1.29 is 4.79 Å². The Morgan fingerprint density at radius 3 is 2.48 bits per heavy atom. The third kappa shape index (κ3) is 5.27. The van der Waals surface area contributed by atoms with Crippen molar-refractivity contribution in [2.24, 2.45) is 5.10 Å². The van der Waals surface area contributed by atoms with Gasteiger partial charge in [0.15, 0.2) is 0 Å². The first-order valence-corrected chi connectivity index (χ1v) is 7.82. The number of hydrogen-bond acceptors (Lipinski definition) is 3. The van der Waals surface area contributed by atoms with Crippen LogP contribution in [0.2, 0.25) is 10.0 Å². The molecule has 1 unspecified atom stereocenters. The highest BCUT2D eigenvalue weighted by Crippen LogP contribution is 2.25. The molecule has 0 saturated heterocycles. The maximum Gasteiger partial charge on any atom is 0.262 e. The highest BCUT2D eigenvalue weighted by molar-refractivity contribution is 6.42. The van der Waals surface area contributed by atoms with Gasteiger partial charge in [-0.1, -0.05) is 53.0 Å². The van der Waals surface area contributed by atoms with Crippen molar-refractivity contribution in [1.29, 1.82) is 0 Å². The summed E-state index contributed by atoms with van der Waals surface area (Å²) in [4.78, 5) is 12.0. The molecule has 2 rings (SSSR count). The summed E-state index contributed by atoms with van der Waals surface area (Å²) in [6, 6.07) is 12.5. The standard InChI is InChI=1S/C17H17Cl2N3O/c1-11-3-5-13(6-4-11)10-20-22-17(23)12(2)21-14-7-8-15(18)16(19)9-14/h3-10,12,21H,1-2H3,(H,22,23)/b20-10+. The molecule has 23 heavy (non-hydrogen) atoms. The lowest BCUT2D eigenvalue weighted by Gasteiger charge is -2.13. The molecule has 0 saturated carbocycles. The van der Waals surface area contributed by atoms with Gasteiger partial charge in [-0.05, 0) is 37.6 Å². The SMILES string of the molecule is Cc1ccc(/C=N/NC(=O)C(C)Nc2ccc(Cl)c(Cl)c2)cc1. The first-order valence-electron chi connectivity index (χ1n) is 7.07. The van der Waals surface area contributed by atoms with Crippen molar-refractivity contribution in [1.82, 2.24) is 5.43 Å². The number of carbonyl (C=O) groups is 1.